The number of imidazole rings is 1. The van der Waals surface area contributed by atoms with Gasteiger partial charge in [-0.2, -0.15) is 13.2 Å². The molecule has 164 valence electrons. The molecule has 0 bridgehead atoms. The number of hydrogen-bond donors (Lipinski definition) is 2. The van der Waals surface area contributed by atoms with Gasteiger partial charge < -0.3 is 15.2 Å². The van der Waals surface area contributed by atoms with Crippen molar-refractivity contribution in [3.05, 3.63) is 84.1 Å². The van der Waals surface area contributed by atoms with Crippen LogP contribution in [0.3, 0.4) is 0 Å². The molecule has 2 heterocycles. The summed E-state index contributed by atoms with van der Waals surface area (Å²) in [5.74, 6) is 1.21. The van der Waals surface area contributed by atoms with Crippen LogP contribution in [-0.4, -0.2) is 21.6 Å². The maximum Gasteiger partial charge on any atom is 0.416 e. The quantitative estimate of drug-likeness (QED) is 0.399. The Morgan fingerprint density at radius 1 is 0.938 bits per heavy atom. The Morgan fingerprint density at radius 2 is 1.72 bits per heavy atom. The van der Waals surface area contributed by atoms with Gasteiger partial charge in [0.05, 0.1) is 17.0 Å². The molecule has 5 nitrogen and oxygen atoms in total. The van der Waals surface area contributed by atoms with Gasteiger partial charge in [-0.25, -0.2) is 9.97 Å². The Bertz CT molecular complexity index is 1220. The third kappa shape index (κ3) is 4.44. The number of nitrogens with zero attached hydrogens (tertiary/aromatic N) is 3. The van der Waals surface area contributed by atoms with Gasteiger partial charge in [0.1, 0.15) is 5.82 Å². The molecule has 4 rings (SSSR count). The Morgan fingerprint density at radius 3 is 2.44 bits per heavy atom. The van der Waals surface area contributed by atoms with Crippen molar-refractivity contribution >= 4 is 11.8 Å². The summed E-state index contributed by atoms with van der Waals surface area (Å²) in [7, 11) is 3.55. The number of aromatic nitrogens is 3. The first kappa shape index (κ1) is 21.4. The number of rotatable bonds is 6. The van der Waals surface area contributed by atoms with Crippen molar-refractivity contribution in [1.29, 1.82) is 0 Å². The van der Waals surface area contributed by atoms with Crippen LogP contribution in [-0.2, 0) is 19.8 Å². The van der Waals surface area contributed by atoms with E-state index in [0.717, 1.165) is 23.3 Å². The van der Waals surface area contributed by atoms with Crippen molar-refractivity contribution in [3.63, 3.8) is 0 Å². The number of hydrogen-bond acceptors (Lipinski definition) is 4. The first-order valence-electron chi connectivity index (χ1n) is 10.0. The molecule has 32 heavy (non-hydrogen) atoms. The lowest BCUT2D eigenvalue weighted by Crippen LogP contribution is -2.04. The predicted molar refractivity (Wildman–Crippen MR) is 120 cm³/mol. The molecule has 4 aromatic rings. The first-order chi connectivity index (χ1) is 15.4. The molecule has 0 unspecified atom stereocenters. The lowest BCUT2D eigenvalue weighted by molar-refractivity contribution is -0.137. The number of benzene rings is 2. The second-order valence-corrected chi connectivity index (χ2v) is 7.29. The van der Waals surface area contributed by atoms with E-state index in [2.05, 4.69) is 20.6 Å². The standard InChI is InChI=1S/C24H22F3N5/c1-28-23-31-21(17-9-6-10-19(13-17)24(25,26)27)22(32(23)2)18-11-12-29-20(14-18)30-15-16-7-4-3-5-8-16/h3-14H,15H2,1-2H3,(H,28,31)(H,29,30). The van der Waals surface area contributed by atoms with Crippen LogP contribution >= 0.6 is 0 Å². The highest BCUT2D eigenvalue weighted by Gasteiger charge is 2.31. The van der Waals surface area contributed by atoms with E-state index in [1.165, 1.54) is 6.07 Å². The highest BCUT2D eigenvalue weighted by molar-refractivity contribution is 5.81. The molecular formula is C24H22F3N5. The SMILES string of the molecule is CNc1nc(-c2cccc(C(F)(F)F)c2)c(-c2ccnc(NCc3ccccc3)c2)n1C. The fourth-order valence-corrected chi connectivity index (χ4v) is 3.56. The van der Waals surface area contributed by atoms with Gasteiger partial charge in [-0.15, -0.1) is 0 Å². The lowest BCUT2D eigenvalue weighted by atomic mass is 10.0. The normalized spacial score (nSPS) is 11.4. The highest BCUT2D eigenvalue weighted by atomic mass is 19.4. The summed E-state index contributed by atoms with van der Waals surface area (Å²) in [6.45, 7) is 0.602. The van der Waals surface area contributed by atoms with Crippen LogP contribution in [0, 0.1) is 0 Å². The van der Waals surface area contributed by atoms with E-state index >= 15 is 0 Å². The smallest absolute Gasteiger partial charge is 0.366 e. The zero-order valence-electron chi connectivity index (χ0n) is 17.6. The molecule has 0 radical (unpaired) electrons. The first-order valence-corrected chi connectivity index (χ1v) is 10.0. The fraction of sp³-hybridized carbons (Fsp3) is 0.167. The Hall–Kier alpha value is -3.81. The third-order valence-electron chi connectivity index (χ3n) is 5.13. The molecule has 0 atom stereocenters. The fourth-order valence-electron chi connectivity index (χ4n) is 3.56. The van der Waals surface area contributed by atoms with Crippen LogP contribution in [0.25, 0.3) is 22.5 Å². The van der Waals surface area contributed by atoms with Crippen LogP contribution in [0.15, 0.2) is 72.9 Å². The molecule has 0 saturated heterocycles. The molecule has 0 aliphatic carbocycles. The van der Waals surface area contributed by atoms with Gasteiger partial charge in [0.2, 0.25) is 5.95 Å². The Labute approximate surface area is 184 Å². The average Bonchev–Trinajstić information content (AvgIpc) is 3.14. The summed E-state index contributed by atoms with van der Waals surface area (Å²) >= 11 is 0. The second kappa shape index (κ2) is 8.74. The second-order valence-electron chi connectivity index (χ2n) is 7.29. The molecule has 0 aliphatic rings. The molecule has 8 heteroatoms. The largest absolute Gasteiger partial charge is 0.416 e. The topological polar surface area (TPSA) is 54.8 Å². The van der Waals surface area contributed by atoms with E-state index in [0.29, 0.717) is 35.3 Å². The number of anilines is 2. The van der Waals surface area contributed by atoms with E-state index in [-0.39, 0.29) is 0 Å². The predicted octanol–water partition coefficient (Wildman–Crippen LogP) is 5.82. The van der Waals surface area contributed by atoms with E-state index < -0.39 is 11.7 Å². The zero-order chi connectivity index (χ0) is 22.7. The maximum absolute atomic E-state index is 13.3. The van der Waals surface area contributed by atoms with Gasteiger partial charge in [0, 0.05) is 38.0 Å². The number of alkyl halides is 3. The monoisotopic (exact) mass is 437 g/mol. The van der Waals surface area contributed by atoms with Crippen molar-refractivity contribution in [2.24, 2.45) is 7.05 Å². The minimum Gasteiger partial charge on any atom is -0.366 e. The van der Waals surface area contributed by atoms with E-state index in [4.69, 9.17) is 0 Å². The molecule has 2 aromatic heterocycles. The van der Waals surface area contributed by atoms with Gasteiger partial charge in [-0.05, 0) is 29.8 Å². The zero-order valence-corrected chi connectivity index (χ0v) is 17.6. The van der Waals surface area contributed by atoms with E-state index in [1.807, 2.05) is 54.1 Å². The minimum absolute atomic E-state index is 0.391. The van der Waals surface area contributed by atoms with Gasteiger partial charge in [0.25, 0.3) is 0 Å². The summed E-state index contributed by atoms with van der Waals surface area (Å²) in [6.07, 6.45) is -2.76. The average molecular weight is 437 g/mol. The van der Waals surface area contributed by atoms with Crippen LogP contribution < -0.4 is 10.6 Å². The van der Waals surface area contributed by atoms with Crippen LogP contribution in [0.4, 0.5) is 24.9 Å². The number of halogens is 3. The van der Waals surface area contributed by atoms with Crippen molar-refractivity contribution in [2.45, 2.75) is 12.7 Å². The van der Waals surface area contributed by atoms with Crippen molar-refractivity contribution in [1.82, 2.24) is 14.5 Å². The number of nitrogens with one attached hydrogen (secondary N) is 2. The maximum atomic E-state index is 13.3. The highest BCUT2D eigenvalue weighted by Crippen LogP contribution is 2.37. The molecule has 0 aliphatic heterocycles. The summed E-state index contributed by atoms with van der Waals surface area (Å²) in [5.41, 5.74) is 2.74. The van der Waals surface area contributed by atoms with E-state index in [9.17, 15) is 13.2 Å². The van der Waals surface area contributed by atoms with Crippen LogP contribution in [0.5, 0.6) is 0 Å². The summed E-state index contributed by atoms with van der Waals surface area (Å²) < 4.78 is 41.7. The summed E-state index contributed by atoms with van der Waals surface area (Å²) in [4.78, 5) is 8.95. The lowest BCUT2D eigenvalue weighted by Gasteiger charge is -2.12. The molecular weight excluding hydrogens is 415 g/mol. The molecule has 2 N–H and O–H groups in total. The van der Waals surface area contributed by atoms with Gasteiger partial charge >= 0.3 is 6.18 Å². The Kier molecular flexibility index (Phi) is 5.85. The molecule has 0 amide bonds. The van der Waals surface area contributed by atoms with Crippen LogP contribution in [0.2, 0.25) is 0 Å². The van der Waals surface area contributed by atoms with Gasteiger partial charge in [-0.3, -0.25) is 0 Å². The third-order valence-corrected chi connectivity index (χ3v) is 5.13. The molecule has 0 spiro atoms. The molecule has 0 saturated carbocycles. The molecule has 0 fully saturated rings. The van der Waals surface area contributed by atoms with Gasteiger partial charge in [0.15, 0.2) is 0 Å². The number of pyridine rings is 1. The summed E-state index contributed by atoms with van der Waals surface area (Å²) in [6, 6.07) is 18.8. The molecule has 2 aromatic carbocycles. The Balaban J connectivity index is 1.74. The van der Waals surface area contributed by atoms with Crippen molar-refractivity contribution in [2.75, 3.05) is 17.7 Å². The van der Waals surface area contributed by atoms with E-state index in [1.54, 1.807) is 19.3 Å². The van der Waals surface area contributed by atoms with Crippen molar-refractivity contribution < 1.29 is 13.2 Å². The minimum atomic E-state index is -4.43. The summed E-state index contributed by atoms with van der Waals surface area (Å²) in [5, 5.41) is 6.29. The van der Waals surface area contributed by atoms with Gasteiger partial charge in [-0.1, -0.05) is 42.5 Å². The van der Waals surface area contributed by atoms with Crippen LogP contribution in [0.1, 0.15) is 11.1 Å². The van der Waals surface area contributed by atoms with Crippen molar-refractivity contribution in [3.8, 4) is 22.5 Å².